The molecule has 1 aromatic carbocycles. The number of rotatable bonds is 6. The minimum atomic E-state index is 0.558. The van der Waals surface area contributed by atoms with E-state index < -0.39 is 0 Å². The number of benzene rings is 1. The summed E-state index contributed by atoms with van der Waals surface area (Å²) in [6.45, 7) is 10.1. The zero-order valence-electron chi connectivity index (χ0n) is 13.0. The van der Waals surface area contributed by atoms with Crippen LogP contribution in [0.2, 0.25) is 0 Å². The lowest BCUT2D eigenvalue weighted by Crippen LogP contribution is -2.34. The summed E-state index contributed by atoms with van der Waals surface area (Å²) in [7, 11) is 2.22. The molecule has 1 aromatic rings. The van der Waals surface area contributed by atoms with Crippen molar-refractivity contribution in [3.8, 4) is 0 Å². The predicted molar refractivity (Wildman–Crippen MR) is 83.7 cm³/mol. The molecule has 2 heteroatoms. The summed E-state index contributed by atoms with van der Waals surface area (Å²) in [6.07, 6.45) is 2.69. The Hall–Kier alpha value is -1.02. The summed E-state index contributed by atoms with van der Waals surface area (Å²) in [4.78, 5) is 2.42. The summed E-state index contributed by atoms with van der Waals surface area (Å²) in [5.41, 5.74) is 4.16. The van der Waals surface area contributed by atoms with Crippen LogP contribution in [0.1, 0.15) is 44.7 Å². The van der Waals surface area contributed by atoms with Gasteiger partial charge in [-0.2, -0.15) is 0 Å². The third-order valence-electron chi connectivity index (χ3n) is 4.35. The second kappa shape index (κ2) is 5.96. The highest BCUT2D eigenvalue weighted by Crippen LogP contribution is 2.26. The largest absolute Gasteiger partial charge is 0.371 e. The van der Waals surface area contributed by atoms with Gasteiger partial charge in [0.15, 0.2) is 0 Å². The fraction of sp³-hybridized carbons (Fsp3) is 0.647. The van der Waals surface area contributed by atoms with E-state index in [0.717, 1.165) is 12.6 Å². The van der Waals surface area contributed by atoms with Crippen LogP contribution in [0.15, 0.2) is 18.2 Å². The van der Waals surface area contributed by atoms with Gasteiger partial charge in [0.05, 0.1) is 0 Å². The molecule has 0 aromatic heterocycles. The Balaban J connectivity index is 2.16. The first-order chi connectivity index (χ1) is 8.99. The molecule has 2 nitrogen and oxygen atoms in total. The van der Waals surface area contributed by atoms with E-state index in [1.165, 1.54) is 29.7 Å². The van der Waals surface area contributed by atoms with Gasteiger partial charge in [-0.05, 0) is 44.2 Å². The van der Waals surface area contributed by atoms with Crippen molar-refractivity contribution >= 4 is 5.69 Å². The van der Waals surface area contributed by atoms with E-state index in [0.29, 0.717) is 12.0 Å². The average Bonchev–Trinajstić information content (AvgIpc) is 3.18. The van der Waals surface area contributed by atoms with Crippen molar-refractivity contribution in [2.75, 3.05) is 11.9 Å². The number of anilines is 1. The van der Waals surface area contributed by atoms with Crippen LogP contribution >= 0.6 is 0 Å². The third-order valence-corrected chi connectivity index (χ3v) is 4.35. The normalized spacial score (nSPS) is 16.7. The number of nitrogens with zero attached hydrogens (tertiary/aromatic N) is 1. The van der Waals surface area contributed by atoms with Crippen LogP contribution in [0.3, 0.4) is 0 Å². The zero-order valence-corrected chi connectivity index (χ0v) is 13.0. The van der Waals surface area contributed by atoms with Gasteiger partial charge in [-0.15, -0.1) is 0 Å². The first-order valence-electron chi connectivity index (χ1n) is 7.54. The van der Waals surface area contributed by atoms with Gasteiger partial charge in [0.2, 0.25) is 0 Å². The van der Waals surface area contributed by atoms with Gasteiger partial charge in [0.25, 0.3) is 0 Å². The van der Waals surface area contributed by atoms with Gasteiger partial charge < -0.3 is 10.2 Å². The van der Waals surface area contributed by atoms with Crippen LogP contribution < -0.4 is 10.2 Å². The molecular weight excluding hydrogens is 232 g/mol. The fourth-order valence-electron chi connectivity index (χ4n) is 2.41. The van der Waals surface area contributed by atoms with Gasteiger partial charge in [-0.25, -0.2) is 0 Å². The lowest BCUT2D eigenvalue weighted by Gasteiger charge is -2.32. The van der Waals surface area contributed by atoms with E-state index in [9.17, 15) is 0 Å². The van der Waals surface area contributed by atoms with E-state index >= 15 is 0 Å². The number of nitrogens with one attached hydrogen (secondary N) is 1. The number of hydrogen-bond acceptors (Lipinski definition) is 2. The van der Waals surface area contributed by atoms with Crippen LogP contribution in [-0.4, -0.2) is 19.1 Å². The molecule has 0 bridgehead atoms. The molecule has 1 aliphatic carbocycles. The first kappa shape index (κ1) is 14.4. The van der Waals surface area contributed by atoms with Crippen molar-refractivity contribution in [3.63, 3.8) is 0 Å². The Morgan fingerprint density at radius 1 is 1.26 bits per heavy atom. The highest BCUT2D eigenvalue weighted by molar-refractivity contribution is 5.55. The van der Waals surface area contributed by atoms with Gasteiger partial charge in [-0.3, -0.25) is 0 Å². The molecule has 0 radical (unpaired) electrons. The molecule has 1 saturated carbocycles. The molecule has 1 unspecified atom stereocenters. The quantitative estimate of drug-likeness (QED) is 0.838. The molecule has 106 valence electrons. The Labute approximate surface area is 118 Å². The maximum Gasteiger partial charge on any atom is 0.0411 e. The second-order valence-corrected chi connectivity index (χ2v) is 6.38. The van der Waals surface area contributed by atoms with E-state index in [1.54, 1.807) is 0 Å². The summed E-state index contributed by atoms with van der Waals surface area (Å²) in [5.74, 6) is 0.663. The van der Waals surface area contributed by atoms with Crippen LogP contribution in [0.4, 0.5) is 5.69 Å². The van der Waals surface area contributed by atoms with Crippen LogP contribution in [0.5, 0.6) is 0 Å². The van der Waals surface area contributed by atoms with Gasteiger partial charge in [0, 0.05) is 31.4 Å². The SMILES string of the molecule is Cc1ccc(N(C)C(C)C(C)C)c(CNC2CC2)c1. The average molecular weight is 260 g/mol. The zero-order chi connectivity index (χ0) is 14.0. The van der Waals surface area contributed by atoms with Crippen molar-refractivity contribution in [1.82, 2.24) is 5.32 Å². The fourth-order valence-corrected chi connectivity index (χ4v) is 2.41. The molecule has 0 spiro atoms. The lowest BCUT2D eigenvalue weighted by atomic mass is 10.0. The Morgan fingerprint density at radius 3 is 2.53 bits per heavy atom. The number of aryl methyl sites for hydroxylation is 1. The Bertz CT molecular complexity index is 421. The summed E-state index contributed by atoms with van der Waals surface area (Å²) in [6, 6.07) is 8.15. The predicted octanol–water partition coefficient (Wildman–Crippen LogP) is 3.73. The first-order valence-corrected chi connectivity index (χ1v) is 7.54. The topological polar surface area (TPSA) is 15.3 Å². The maximum absolute atomic E-state index is 3.64. The van der Waals surface area contributed by atoms with Crippen molar-refractivity contribution in [1.29, 1.82) is 0 Å². The Kier molecular flexibility index (Phi) is 4.51. The van der Waals surface area contributed by atoms with E-state index in [2.05, 4.69) is 63.2 Å². The third kappa shape index (κ3) is 3.73. The lowest BCUT2D eigenvalue weighted by molar-refractivity contribution is 0.504. The maximum atomic E-state index is 3.64. The molecule has 1 atom stereocenters. The van der Waals surface area contributed by atoms with E-state index in [4.69, 9.17) is 0 Å². The van der Waals surface area contributed by atoms with Crippen molar-refractivity contribution in [2.24, 2.45) is 5.92 Å². The molecule has 19 heavy (non-hydrogen) atoms. The van der Waals surface area contributed by atoms with Gasteiger partial charge in [0.1, 0.15) is 0 Å². The van der Waals surface area contributed by atoms with Crippen LogP contribution in [-0.2, 0) is 6.54 Å². The summed E-state index contributed by atoms with van der Waals surface area (Å²) in [5, 5.41) is 3.64. The molecule has 0 amide bonds. The van der Waals surface area contributed by atoms with Crippen LogP contribution in [0.25, 0.3) is 0 Å². The van der Waals surface area contributed by atoms with Gasteiger partial charge in [-0.1, -0.05) is 31.5 Å². The summed E-state index contributed by atoms with van der Waals surface area (Å²) < 4.78 is 0. The molecular formula is C17H28N2. The molecule has 2 rings (SSSR count). The van der Waals surface area contributed by atoms with Crippen molar-refractivity contribution < 1.29 is 0 Å². The smallest absolute Gasteiger partial charge is 0.0411 e. The Morgan fingerprint density at radius 2 is 1.95 bits per heavy atom. The molecule has 1 N–H and O–H groups in total. The molecule has 1 fully saturated rings. The minimum Gasteiger partial charge on any atom is -0.371 e. The molecule has 0 aliphatic heterocycles. The second-order valence-electron chi connectivity index (χ2n) is 6.38. The minimum absolute atomic E-state index is 0.558. The molecule has 0 saturated heterocycles. The van der Waals surface area contributed by atoms with Crippen LogP contribution in [0, 0.1) is 12.8 Å². The standard InChI is InChI=1S/C17H28N2/c1-12(2)14(4)19(5)17-9-6-13(3)10-15(17)11-18-16-7-8-16/h6,9-10,12,14,16,18H,7-8,11H2,1-5H3. The van der Waals surface area contributed by atoms with Crippen molar-refractivity contribution in [2.45, 2.75) is 59.2 Å². The number of hydrogen-bond donors (Lipinski definition) is 1. The monoisotopic (exact) mass is 260 g/mol. The highest BCUT2D eigenvalue weighted by Gasteiger charge is 2.21. The summed E-state index contributed by atoms with van der Waals surface area (Å²) >= 11 is 0. The van der Waals surface area contributed by atoms with E-state index in [-0.39, 0.29) is 0 Å². The molecule has 0 heterocycles. The highest BCUT2D eigenvalue weighted by atomic mass is 15.1. The van der Waals surface area contributed by atoms with E-state index in [1.807, 2.05) is 0 Å². The molecule has 1 aliphatic rings. The van der Waals surface area contributed by atoms with Crippen molar-refractivity contribution in [3.05, 3.63) is 29.3 Å². The van der Waals surface area contributed by atoms with Gasteiger partial charge >= 0.3 is 0 Å².